The lowest BCUT2D eigenvalue weighted by Gasteiger charge is -2.31. The van der Waals surface area contributed by atoms with Crippen LogP contribution < -0.4 is 5.73 Å². The molecule has 5 nitrogen and oxygen atoms in total. The van der Waals surface area contributed by atoms with Gasteiger partial charge in [-0.05, 0) is 70.3 Å². The fourth-order valence-electron chi connectivity index (χ4n) is 4.25. The fourth-order valence-corrected chi connectivity index (χ4v) is 4.25. The molecule has 0 saturated carbocycles. The number of carbonyl (C=O) groups excluding carboxylic acids is 1. The van der Waals surface area contributed by atoms with E-state index in [-0.39, 0.29) is 5.92 Å². The summed E-state index contributed by atoms with van der Waals surface area (Å²) < 4.78 is 0. The van der Waals surface area contributed by atoms with Crippen LogP contribution >= 0.6 is 0 Å². The van der Waals surface area contributed by atoms with E-state index in [9.17, 15) is 4.79 Å². The smallest absolute Gasteiger partial charge is 0.166 e. The zero-order chi connectivity index (χ0) is 22.1. The van der Waals surface area contributed by atoms with E-state index in [0.29, 0.717) is 18.9 Å². The van der Waals surface area contributed by atoms with Crippen LogP contribution in [0, 0.1) is 19.8 Å². The largest absolute Gasteiger partial charge is 0.394 e. The highest BCUT2D eigenvalue weighted by atomic mass is 16.6. The molecule has 0 radical (unpaired) electrons. The Balaban J connectivity index is 1.48. The number of nitrogens with two attached hydrogens (primary N) is 1. The van der Waals surface area contributed by atoms with E-state index < -0.39 is 0 Å². The second kappa shape index (κ2) is 11.8. The number of carbonyl (C=O) groups is 1. The van der Waals surface area contributed by atoms with Gasteiger partial charge < -0.3 is 15.5 Å². The highest BCUT2D eigenvalue weighted by Gasteiger charge is 2.26. The molecule has 1 heterocycles. The molecule has 2 N–H and O–H groups in total. The van der Waals surface area contributed by atoms with Gasteiger partial charge in [0.1, 0.15) is 6.61 Å². The lowest BCUT2D eigenvalue weighted by atomic mass is 9.87. The van der Waals surface area contributed by atoms with Crippen LogP contribution in [-0.4, -0.2) is 49.2 Å². The minimum Gasteiger partial charge on any atom is -0.394 e. The fraction of sp³-hybridized carbons (Fsp3) is 0.462. The summed E-state index contributed by atoms with van der Waals surface area (Å²) in [7, 11) is 0. The van der Waals surface area contributed by atoms with Crippen molar-refractivity contribution >= 4 is 11.5 Å². The summed E-state index contributed by atoms with van der Waals surface area (Å²) in [4.78, 5) is 20.8. The SMILES string of the molecule is Cc1ccc(C(=O)C2CCN(CCCC(=NOCCN)c3ccccc3)CC2)c(C)c1. The Morgan fingerprint density at radius 3 is 2.55 bits per heavy atom. The van der Waals surface area contributed by atoms with Gasteiger partial charge in [-0.25, -0.2) is 0 Å². The minimum absolute atomic E-state index is 0.142. The molecule has 0 spiro atoms. The maximum Gasteiger partial charge on any atom is 0.166 e. The molecule has 0 bridgehead atoms. The molecule has 1 aliphatic rings. The molecule has 5 heteroatoms. The van der Waals surface area contributed by atoms with E-state index in [1.54, 1.807) is 0 Å². The van der Waals surface area contributed by atoms with E-state index >= 15 is 0 Å². The van der Waals surface area contributed by atoms with Crippen molar-refractivity contribution in [3.8, 4) is 0 Å². The van der Waals surface area contributed by atoms with Gasteiger partial charge >= 0.3 is 0 Å². The molecule has 1 fully saturated rings. The predicted octanol–water partition coefficient (Wildman–Crippen LogP) is 4.36. The van der Waals surface area contributed by atoms with Crippen LogP contribution in [0.4, 0.5) is 0 Å². The van der Waals surface area contributed by atoms with E-state index in [1.165, 1.54) is 5.56 Å². The molecule has 0 aromatic heterocycles. The highest BCUT2D eigenvalue weighted by molar-refractivity contribution is 6.00. The second-order valence-electron chi connectivity index (χ2n) is 8.43. The van der Waals surface area contributed by atoms with Crippen molar-refractivity contribution in [1.29, 1.82) is 0 Å². The predicted molar refractivity (Wildman–Crippen MR) is 127 cm³/mol. The minimum atomic E-state index is 0.142. The second-order valence-corrected chi connectivity index (χ2v) is 8.43. The van der Waals surface area contributed by atoms with Crippen molar-refractivity contribution in [2.24, 2.45) is 16.8 Å². The normalized spacial score (nSPS) is 15.8. The van der Waals surface area contributed by atoms with Gasteiger partial charge in [-0.2, -0.15) is 0 Å². The number of likely N-dealkylation sites (tertiary alicyclic amines) is 1. The summed E-state index contributed by atoms with van der Waals surface area (Å²) in [5.41, 5.74) is 10.8. The van der Waals surface area contributed by atoms with Gasteiger partial charge in [0.15, 0.2) is 5.78 Å². The Morgan fingerprint density at radius 2 is 1.87 bits per heavy atom. The van der Waals surface area contributed by atoms with Crippen LogP contribution in [0.1, 0.15) is 52.7 Å². The molecule has 0 atom stereocenters. The lowest BCUT2D eigenvalue weighted by Crippen LogP contribution is -2.37. The van der Waals surface area contributed by atoms with Crippen LogP contribution in [0.5, 0.6) is 0 Å². The van der Waals surface area contributed by atoms with E-state index in [1.807, 2.05) is 37.3 Å². The Hall–Kier alpha value is -2.50. The first-order valence-corrected chi connectivity index (χ1v) is 11.4. The van der Waals surface area contributed by atoms with Gasteiger partial charge in [-0.15, -0.1) is 0 Å². The number of ketones is 1. The van der Waals surface area contributed by atoms with Crippen molar-refractivity contribution in [2.45, 2.75) is 39.5 Å². The summed E-state index contributed by atoms with van der Waals surface area (Å²) in [5.74, 6) is 0.455. The maximum absolute atomic E-state index is 13.0. The summed E-state index contributed by atoms with van der Waals surface area (Å²) in [6.07, 6.45) is 3.74. The number of nitrogens with zero attached hydrogens (tertiary/aromatic N) is 2. The van der Waals surface area contributed by atoms with Crippen LogP contribution in [0.3, 0.4) is 0 Å². The maximum atomic E-state index is 13.0. The molecule has 31 heavy (non-hydrogen) atoms. The number of rotatable bonds is 10. The summed E-state index contributed by atoms with van der Waals surface area (Å²) in [5, 5.41) is 4.32. The molecular formula is C26H35N3O2. The molecule has 166 valence electrons. The molecule has 0 aliphatic carbocycles. The van der Waals surface area contributed by atoms with Crippen LogP contribution in [-0.2, 0) is 4.84 Å². The van der Waals surface area contributed by atoms with E-state index in [0.717, 1.165) is 67.7 Å². The van der Waals surface area contributed by atoms with Gasteiger partial charge in [-0.3, -0.25) is 4.79 Å². The molecule has 2 aromatic rings. The van der Waals surface area contributed by atoms with Crippen LogP contribution in [0.25, 0.3) is 0 Å². The topological polar surface area (TPSA) is 67.9 Å². The monoisotopic (exact) mass is 421 g/mol. The molecule has 3 rings (SSSR count). The number of oxime groups is 1. The zero-order valence-corrected chi connectivity index (χ0v) is 18.8. The molecular weight excluding hydrogens is 386 g/mol. The first-order valence-electron chi connectivity index (χ1n) is 11.4. The third-order valence-corrected chi connectivity index (χ3v) is 5.98. The Labute approximate surface area is 186 Å². The first-order chi connectivity index (χ1) is 15.1. The number of hydrogen-bond acceptors (Lipinski definition) is 5. The van der Waals surface area contributed by atoms with Crippen molar-refractivity contribution < 1.29 is 9.63 Å². The van der Waals surface area contributed by atoms with Crippen molar-refractivity contribution in [3.63, 3.8) is 0 Å². The number of hydrogen-bond donors (Lipinski definition) is 1. The van der Waals surface area contributed by atoms with Crippen molar-refractivity contribution in [1.82, 2.24) is 4.90 Å². The first kappa shape index (κ1) is 23.2. The molecule has 2 aromatic carbocycles. The van der Waals surface area contributed by atoms with Gasteiger partial charge in [0.2, 0.25) is 0 Å². The van der Waals surface area contributed by atoms with Crippen LogP contribution in [0.2, 0.25) is 0 Å². The molecule has 0 amide bonds. The number of Topliss-reactive ketones (excluding diaryl/α,β-unsaturated/α-hetero) is 1. The Kier molecular flexibility index (Phi) is 8.80. The highest BCUT2D eigenvalue weighted by Crippen LogP contribution is 2.24. The number of piperidine rings is 1. The van der Waals surface area contributed by atoms with Gasteiger partial charge in [0, 0.05) is 18.0 Å². The third kappa shape index (κ3) is 6.74. The quantitative estimate of drug-likeness (QED) is 0.268. The number of aryl methyl sites for hydroxylation is 2. The Morgan fingerprint density at radius 1 is 1.13 bits per heavy atom. The van der Waals surface area contributed by atoms with Gasteiger partial charge in [-0.1, -0.05) is 59.3 Å². The summed E-state index contributed by atoms with van der Waals surface area (Å²) in [6.45, 7) is 7.95. The average molecular weight is 422 g/mol. The Bertz CT molecular complexity index is 871. The number of benzene rings is 2. The summed E-state index contributed by atoms with van der Waals surface area (Å²) >= 11 is 0. The third-order valence-electron chi connectivity index (χ3n) is 5.98. The van der Waals surface area contributed by atoms with Gasteiger partial charge in [0.25, 0.3) is 0 Å². The summed E-state index contributed by atoms with van der Waals surface area (Å²) in [6, 6.07) is 16.3. The molecule has 0 unspecified atom stereocenters. The molecule has 1 aliphatic heterocycles. The standard InChI is InChI=1S/C26H35N3O2/c1-20-10-11-24(21(2)19-20)26(30)23-12-16-29(17-13-23)15-6-9-25(28-31-18-14-27)22-7-4-3-5-8-22/h3-5,7-8,10-11,19,23H,6,9,12-18,27H2,1-2H3. The van der Waals surface area contributed by atoms with Gasteiger partial charge in [0.05, 0.1) is 5.71 Å². The molecule has 1 saturated heterocycles. The van der Waals surface area contributed by atoms with Crippen molar-refractivity contribution in [3.05, 3.63) is 70.8 Å². The zero-order valence-electron chi connectivity index (χ0n) is 18.8. The van der Waals surface area contributed by atoms with Crippen LogP contribution in [0.15, 0.2) is 53.7 Å². The van der Waals surface area contributed by atoms with E-state index in [2.05, 4.69) is 35.2 Å². The average Bonchev–Trinajstić information content (AvgIpc) is 2.79. The lowest BCUT2D eigenvalue weighted by molar-refractivity contribution is 0.0839. The van der Waals surface area contributed by atoms with Crippen molar-refractivity contribution in [2.75, 3.05) is 32.8 Å². The van der Waals surface area contributed by atoms with E-state index in [4.69, 9.17) is 10.6 Å².